The van der Waals surface area contributed by atoms with Crippen molar-refractivity contribution in [3.05, 3.63) is 70.8 Å². The van der Waals surface area contributed by atoms with E-state index < -0.39 is 0 Å². The summed E-state index contributed by atoms with van der Waals surface area (Å²) < 4.78 is 0.910. The Morgan fingerprint density at radius 2 is 1.45 bits per heavy atom. The average Bonchev–Trinajstić information content (AvgIpc) is 2.40. The van der Waals surface area contributed by atoms with Crippen molar-refractivity contribution in [3.8, 4) is 11.8 Å². The molecule has 2 aromatic carbocycles. The number of benzene rings is 2. The first kappa shape index (κ1) is 13.0. The lowest BCUT2D eigenvalue weighted by Crippen LogP contribution is -2.40. The zero-order valence-corrected chi connectivity index (χ0v) is 12.4. The Bertz CT molecular complexity index is 695. The minimum absolute atomic E-state index is 0.432. The van der Waals surface area contributed by atoms with Gasteiger partial charge in [0.15, 0.2) is 0 Å². The van der Waals surface area contributed by atoms with Crippen LogP contribution in [0, 0.1) is 11.8 Å². The first-order valence-electron chi connectivity index (χ1n) is 7.06. The van der Waals surface area contributed by atoms with Gasteiger partial charge in [0, 0.05) is 23.1 Å². The van der Waals surface area contributed by atoms with E-state index >= 15 is 0 Å². The SMILES string of the molecule is C[N+](C)(C)C1Cc2ccccc2C#Cc2ccccc21. The highest BCUT2D eigenvalue weighted by Gasteiger charge is 2.29. The van der Waals surface area contributed by atoms with Crippen LogP contribution in [0.1, 0.15) is 28.3 Å². The van der Waals surface area contributed by atoms with Gasteiger partial charge >= 0.3 is 0 Å². The molecule has 0 N–H and O–H groups in total. The molecule has 0 amide bonds. The van der Waals surface area contributed by atoms with E-state index in [0.29, 0.717) is 6.04 Å². The van der Waals surface area contributed by atoms with E-state index in [1.54, 1.807) is 0 Å². The molecule has 0 heterocycles. The van der Waals surface area contributed by atoms with Gasteiger partial charge < -0.3 is 4.48 Å². The van der Waals surface area contributed by atoms with E-state index in [9.17, 15) is 0 Å². The largest absolute Gasteiger partial charge is 0.324 e. The molecule has 1 nitrogen and oxygen atoms in total. The van der Waals surface area contributed by atoms with Crippen molar-refractivity contribution in [2.45, 2.75) is 12.5 Å². The molecule has 0 aromatic heterocycles. The standard InChI is InChI=1S/C19H20N/c1-20(2,3)19-14-17-10-5-4-8-15(17)12-13-16-9-6-7-11-18(16)19/h4-11,19H,14H2,1-3H3/q+1. The van der Waals surface area contributed by atoms with Crippen LogP contribution in [0.3, 0.4) is 0 Å². The number of quaternary nitrogens is 1. The Balaban J connectivity index is 2.23. The van der Waals surface area contributed by atoms with E-state index in [0.717, 1.165) is 10.9 Å². The molecule has 0 spiro atoms. The van der Waals surface area contributed by atoms with Crippen molar-refractivity contribution in [1.82, 2.24) is 0 Å². The summed E-state index contributed by atoms with van der Waals surface area (Å²) in [5.41, 5.74) is 5.05. The third kappa shape index (κ3) is 2.35. The molecule has 2 aromatic rings. The molecule has 1 atom stereocenters. The quantitative estimate of drug-likeness (QED) is 0.546. The van der Waals surface area contributed by atoms with Crippen LogP contribution in [0.5, 0.6) is 0 Å². The Morgan fingerprint density at radius 3 is 2.20 bits per heavy atom. The number of hydrogen-bond donors (Lipinski definition) is 0. The zero-order chi connectivity index (χ0) is 14.2. The van der Waals surface area contributed by atoms with Gasteiger partial charge in [-0.1, -0.05) is 48.2 Å². The summed E-state index contributed by atoms with van der Waals surface area (Å²) in [7, 11) is 6.79. The van der Waals surface area contributed by atoms with Crippen LogP contribution in [0.2, 0.25) is 0 Å². The van der Waals surface area contributed by atoms with Gasteiger partial charge in [-0.25, -0.2) is 0 Å². The highest BCUT2D eigenvalue weighted by molar-refractivity contribution is 5.52. The van der Waals surface area contributed by atoms with E-state index in [2.05, 4.69) is 81.5 Å². The van der Waals surface area contributed by atoms with Crippen molar-refractivity contribution in [2.24, 2.45) is 0 Å². The van der Waals surface area contributed by atoms with Gasteiger partial charge in [-0.05, 0) is 17.7 Å². The molecule has 1 aliphatic rings. The van der Waals surface area contributed by atoms with Gasteiger partial charge in [-0.15, -0.1) is 0 Å². The second-order valence-electron chi connectivity index (χ2n) is 6.33. The average molecular weight is 262 g/mol. The molecule has 0 saturated carbocycles. The molecule has 3 rings (SSSR count). The highest BCUT2D eigenvalue weighted by atomic mass is 15.3. The maximum absolute atomic E-state index is 3.36. The number of nitrogens with zero attached hydrogens (tertiary/aromatic N) is 1. The fraction of sp³-hybridized carbons (Fsp3) is 0.263. The fourth-order valence-corrected chi connectivity index (χ4v) is 2.87. The third-order valence-corrected chi connectivity index (χ3v) is 4.02. The summed E-state index contributed by atoms with van der Waals surface area (Å²) in [5, 5.41) is 0. The molecule has 1 unspecified atom stereocenters. The highest BCUT2D eigenvalue weighted by Crippen LogP contribution is 2.31. The molecule has 100 valence electrons. The maximum Gasteiger partial charge on any atom is 0.119 e. The summed E-state index contributed by atoms with van der Waals surface area (Å²) in [4.78, 5) is 0. The first-order valence-corrected chi connectivity index (χ1v) is 7.06. The van der Waals surface area contributed by atoms with E-state index in [-0.39, 0.29) is 0 Å². The van der Waals surface area contributed by atoms with Crippen molar-refractivity contribution in [3.63, 3.8) is 0 Å². The summed E-state index contributed by atoms with van der Waals surface area (Å²) >= 11 is 0. The first-order chi connectivity index (χ1) is 9.55. The summed E-state index contributed by atoms with van der Waals surface area (Å²) in [5.74, 6) is 6.70. The Hall–Kier alpha value is -2.04. The van der Waals surface area contributed by atoms with E-state index in [4.69, 9.17) is 0 Å². The third-order valence-electron chi connectivity index (χ3n) is 4.02. The molecule has 0 fully saturated rings. The predicted octanol–water partition coefficient (Wildman–Crippen LogP) is 3.39. The van der Waals surface area contributed by atoms with Crippen LogP contribution in [-0.4, -0.2) is 25.6 Å². The lowest BCUT2D eigenvalue weighted by atomic mass is 9.89. The Labute approximate surface area is 121 Å². The number of fused-ring (bicyclic) bond motifs is 2. The molecule has 1 heteroatoms. The summed E-state index contributed by atoms with van der Waals surface area (Å²) in [6, 6.07) is 17.5. The predicted molar refractivity (Wildman–Crippen MR) is 83.3 cm³/mol. The fourth-order valence-electron chi connectivity index (χ4n) is 2.87. The van der Waals surface area contributed by atoms with Crippen LogP contribution in [0.4, 0.5) is 0 Å². The summed E-state index contributed by atoms with van der Waals surface area (Å²) in [6.07, 6.45) is 1.03. The van der Waals surface area contributed by atoms with Gasteiger partial charge in [0.2, 0.25) is 0 Å². The molecule has 0 bridgehead atoms. The molecule has 20 heavy (non-hydrogen) atoms. The van der Waals surface area contributed by atoms with E-state index in [1.165, 1.54) is 22.3 Å². The maximum atomic E-state index is 3.36. The van der Waals surface area contributed by atoms with Gasteiger partial charge in [-0.3, -0.25) is 0 Å². The van der Waals surface area contributed by atoms with Crippen molar-refractivity contribution in [1.29, 1.82) is 0 Å². The van der Waals surface area contributed by atoms with Crippen LogP contribution >= 0.6 is 0 Å². The number of hydrogen-bond acceptors (Lipinski definition) is 0. The van der Waals surface area contributed by atoms with Crippen molar-refractivity contribution >= 4 is 0 Å². The number of rotatable bonds is 1. The summed E-state index contributed by atoms with van der Waals surface area (Å²) in [6.45, 7) is 0. The Morgan fingerprint density at radius 1 is 0.850 bits per heavy atom. The molecule has 0 aliphatic heterocycles. The van der Waals surface area contributed by atoms with Crippen LogP contribution in [-0.2, 0) is 6.42 Å². The van der Waals surface area contributed by atoms with Gasteiger partial charge in [0.25, 0.3) is 0 Å². The van der Waals surface area contributed by atoms with Gasteiger partial charge in [0.1, 0.15) is 6.04 Å². The molecular weight excluding hydrogens is 242 g/mol. The van der Waals surface area contributed by atoms with Gasteiger partial charge in [0.05, 0.1) is 21.1 Å². The second kappa shape index (κ2) is 4.81. The zero-order valence-electron chi connectivity index (χ0n) is 12.4. The topological polar surface area (TPSA) is 0 Å². The monoisotopic (exact) mass is 262 g/mol. The smallest absolute Gasteiger partial charge is 0.119 e. The lowest BCUT2D eigenvalue weighted by Gasteiger charge is -2.35. The van der Waals surface area contributed by atoms with Crippen LogP contribution in [0.15, 0.2) is 48.5 Å². The van der Waals surface area contributed by atoms with Crippen molar-refractivity contribution < 1.29 is 4.48 Å². The van der Waals surface area contributed by atoms with Gasteiger partial charge in [-0.2, -0.15) is 0 Å². The van der Waals surface area contributed by atoms with Crippen LogP contribution in [0.25, 0.3) is 0 Å². The minimum Gasteiger partial charge on any atom is -0.324 e. The van der Waals surface area contributed by atoms with Crippen LogP contribution < -0.4 is 0 Å². The molecule has 0 radical (unpaired) electrons. The normalized spacial score (nSPS) is 17.1. The minimum atomic E-state index is 0.432. The molecular formula is C19H20N+. The van der Waals surface area contributed by atoms with E-state index in [1.807, 2.05) is 0 Å². The molecule has 0 saturated heterocycles. The van der Waals surface area contributed by atoms with Crippen molar-refractivity contribution in [2.75, 3.05) is 21.1 Å². The lowest BCUT2D eigenvalue weighted by molar-refractivity contribution is -0.902. The Kier molecular flexibility index (Phi) is 3.12. The second-order valence-corrected chi connectivity index (χ2v) is 6.33. The number of likely N-dealkylation sites (N-methyl/N-ethyl adjacent to an activating group) is 1. The molecule has 1 aliphatic carbocycles.